The lowest BCUT2D eigenvalue weighted by Gasteiger charge is -2.05. The van der Waals surface area contributed by atoms with Crippen LogP contribution in [0, 0.1) is 0 Å². The molecule has 0 unspecified atom stereocenters. The zero-order valence-electron chi connectivity index (χ0n) is 7.90. The molecule has 1 heterocycles. The highest BCUT2D eigenvalue weighted by Gasteiger charge is 2.02. The summed E-state index contributed by atoms with van der Waals surface area (Å²) in [4.78, 5) is 4.26. The number of rotatable bonds is 2. The fraction of sp³-hybridized carbons (Fsp3) is 0.0833. The Hall–Kier alpha value is -1.83. The Balaban J connectivity index is 2.68. The molecule has 0 aliphatic rings. The van der Waals surface area contributed by atoms with E-state index in [1.807, 2.05) is 30.3 Å². The Labute approximate surface area is 83.1 Å². The summed E-state index contributed by atoms with van der Waals surface area (Å²) in [7, 11) is 0. The summed E-state index contributed by atoms with van der Waals surface area (Å²) in [5, 5.41) is 1.08. The number of pyridine rings is 1. The maximum atomic E-state index is 5.99. The molecule has 0 atom stereocenters. The third-order valence-electron chi connectivity index (χ3n) is 2.27. The van der Waals surface area contributed by atoms with Gasteiger partial charge < -0.3 is 5.73 Å². The first-order chi connectivity index (χ1) is 6.83. The smallest absolute Gasteiger partial charge is 0.0934 e. The molecule has 2 N–H and O–H groups in total. The molecule has 1 aromatic heterocycles. The van der Waals surface area contributed by atoms with Crippen LogP contribution in [-0.2, 0) is 6.42 Å². The highest BCUT2D eigenvalue weighted by Crippen LogP contribution is 2.22. The van der Waals surface area contributed by atoms with Crippen molar-refractivity contribution in [3.8, 4) is 0 Å². The number of nitrogens with zero attached hydrogens (tertiary/aromatic N) is 1. The minimum Gasteiger partial charge on any atom is -0.397 e. The summed E-state index contributed by atoms with van der Waals surface area (Å²) in [6, 6.07) is 7.99. The summed E-state index contributed by atoms with van der Waals surface area (Å²) < 4.78 is 0. The van der Waals surface area contributed by atoms with Crippen LogP contribution in [0.5, 0.6) is 0 Å². The second kappa shape index (κ2) is 3.50. The summed E-state index contributed by atoms with van der Waals surface area (Å²) in [5.74, 6) is 0. The van der Waals surface area contributed by atoms with Gasteiger partial charge in [0.05, 0.1) is 11.2 Å². The molecule has 0 radical (unpaired) electrons. The Kier molecular flexibility index (Phi) is 2.19. The molecular weight excluding hydrogens is 172 g/mol. The number of fused-ring (bicyclic) bond motifs is 1. The Morgan fingerprint density at radius 1 is 1.36 bits per heavy atom. The maximum Gasteiger partial charge on any atom is 0.0934 e. The second-order valence-corrected chi connectivity index (χ2v) is 3.21. The molecule has 1 aromatic carbocycles. The van der Waals surface area contributed by atoms with Crippen molar-refractivity contribution in [3.63, 3.8) is 0 Å². The van der Waals surface area contributed by atoms with E-state index < -0.39 is 0 Å². The van der Waals surface area contributed by atoms with Gasteiger partial charge in [-0.05, 0) is 18.1 Å². The van der Waals surface area contributed by atoms with E-state index in [1.54, 1.807) is 6.20 Å². The number of nitrogen functional groups attached to an aromatic ring is 1. The van der Waals surface area contributed by atoms with E-state index in [1.165, 1.54) is 0 Å². The van der Waals surface area contributed by atoms with Crippen LogP contribution in [0.25, 0.3) is 10.9 Å². The van der Waals surface area contributed by atoms with E-state index in [0.29, 0.717) is 0 Å². The van der Waals surface area contributed by atoms with Crippen molar-refractivity contribution in [1.82, 2.24) is 4.98 Å². The molecule has 0 bridgehead atoms. The van der Waals surface area contributed by atoms with Gasteiger partial charge in [-0.2, -0.15) is 0 Å². The van der Waals surface area contributed by atoms with Gasteiger partial charge in [0.1, 0.15) is 0 Å². The van der Waals surface area contributed by atoms with Gasteiger partial charge in [0.25, 0.3) is 0 Å². The van der Waals surface area contributed by atoms with Crippen molar-refractivity contribution in [2.75, 3.05) is 5.73 Å². The number of aromatic nitrogens is 1. The zero-order chi connectivity index (χ0) is 9.97. The first-order valence-corrected chi connectivity index (χ1v) is 4.56. The van der Waals surface area contributed by atoms with Crippen molar-refractivity contribution in [2.45, 2.75) is 6.42 Å². The molecule has 2 heteroatoms. The Morgan fingerprint density at radius 2 is 2.21 bits per heavy atom. The molecule has 0 aliphatic heterocycles. The van der Waals surface area contributed by atoms with Crippen LogP contribution in [0.4, 0.5) is 5.69 Å². The fourth-order valence-electron chi connectivity index (χ4n) is 1.54. The molecule has 0 aliphatic carbocycles. The van der Waals surface area contributed by atoms with Gasteiger partial charge in [-0.15, -0.1) is 6.58 Å². The van der Waals surface area contributed by atoms with Crippen molar-refractivity contribution in [3.05, 3.63) is 48.7 Å². The molecule has 0 saturated carbocycles. The SMILES string of the molecule is C=CCc1ccc2cccnc2c1N. The molecule has 0 spiro atoms. The lowest BCUT2D eigenvalue weighted by Crippen LogP contribution is -1.95. The van der Waals surface area contributed by atoms with Gasteiger partial charge >= 0.3 is 0 Å². The minimum absolute atomic E-state index is 0.767. The average Bonchev–Trinajstić information content (AvgIpc) is 2.23. The summed E-state index contributed by atoms with van der Waals surface area (Å²) in [6.45, 7) is 3.70. The molecule has 0 amide bonds. The number of allylic oxidation sites excluding steroid dienone is 1. The van der Waals surface area contributed by atoms with E-state index in [9.17, 15) is 0 Å². The van der Waals surface area contributed by atoms with Crippen molar-refractivity contribution < 1.29 is 0 Å². The molecule has 70 valence electrons. The van der Waals surface area contributed by atoms with E-state index in [2.05, 4.69) is 11.6 Å². The third-order valence-corrected chi connectivity index (χ3v) is 2.27. The number of hydrogen-bond donors (Lipinski definition) is 1. The van der Waals surface area contributed by atoms with E-state index in [0.717, 1.165) is 28.6 Å². The second-order valence-electron chi connectivity index (χ2n) is 3.21. The Bertz CT molecular complexity index is 475. The molecule has 14 heavy (non-hydrogen) atoms. The van der Waals surface area contributed by atoms with E-state index >= 15 is 0 Å². The van der Waals surface area contributed by atoms with Crippen LogP contribution < -0.4 is 5.73 Å². The maximum absolute atomic E-state index is 5.99. The number of anilines is 1. The first kappa shape index (κ1) is 8.75. The molecule has 0 saturated heterocycles. The normalized spacial score (nSPS) is 10.3. The molecule has 2 rings (SSSR count). The van der Waals surface area contributed by atoms with Crippen molar-refractivity contribution >= 4 is 16.6 Å². The van der Waals surface area contributed by atoms with Gasteiger partial charge in [-0.25, -0.2) is 0 Å². The van der Waals surface area contributed by atoms with Gasteiger partial charge in [0.2, 0.25) is 0 Å². The molecular formula is C12H12N2. The average molecular weight is 184 g/mol. The predicted molar refractivity (Wildman–Crippen MR) is 60.1 cm³/mol. The van der Waals surface area contributed by atoms with E-state index in [-0.39, 0.29) is 0 Å². The van der Waals surface area contributed by atoms with Crippen molar-refractivity contribution in [1.29, 1.82) is 0 Å². The van der Waals surface area contributed by atoms with Crippen LogP contribution in [0.15, 0.2) is 43.1 Å². The summed E-state index contributed by atoms with van der Waals surface area (Å²) in [6.07, 6.45) is 4.40. The summed E-state index contributed by atoms with van der Waals surface area (Å²) in [5.41, 5.74) is 8.73. The topological polar surface area (TPSA) is 38.9 Å². The van der Waals surface area contributed by atoms with Crippen LogP contribution in [-0.4, -0.2) is 4.98 Å². The molecule has 0 fully saturated rings. The lowest BCUT2D eigenvalue weighted by molar-refractivity contribution is 1.28. The minimum atomic E-state index is 0.767. The standard InChI is InChI=1S/C12H12N2/c1-2-4-9-6-7-10-5-3-8-14-12(10)11(9)13/h2-3,5-8H,1,4,13H2. The zero-order valence-corrected chi connectivity index (χ0v) is 7.90. The number of hydrogen-bond acceptors (Lipinski definition) is 2. The Morgan fingerprint density at radius 3 is 3.00 bits per heavy atom. The van der Waals surface area contributed by atoms with Crippen LogP contribution in [0.1, 0.15) is 5.56 Å². The van der Waals surface area contributed by atoms with E-state index in [4.69, 9.17) is 5.73 Å². The van der Waals surface area contributed by atoms with Gasteiger partial charge in [-0.3, -0.25) is 4.98 Å². The highest BCUT2D eigenvalue weighted by molar-refractivity contribution is 5.90. The first-order valence-electron chi connectivity index (χ1n) is 4.56. The van der Waals surface area contributed by atoms with Crippen LogP contribution in [0.3, 0.4) is 0 Å². The van der Waals surface area contributed by atoms with Gasteiger partial charge in [0.15, 0.2) is 0 Å². The molecule has 2 aromatic rings. The predicted octanol–water partition coefficient (Wildman–Crippen LogP) is 2.55. The fourth-order valence-corrected chi connectivity index (χ4v) is 1.54. The molecule has 2 nitrogen and oxygen atoms in total. The lowest BCUT2D eigenvalue weighted by atomic mass is 10.1. The van der Waals surface area contributed by atoms with Crippen LogP contribution in [0.2, 0.25) is 0 Å². The third kappa shape index (κ3) is 1.35. The van der Waals surface area contributed by atoms with Gasteiger partial charge in [0, 0.05) is 11.6 Å². The monoisotopic (exact) mass is 184 g/mol. The van der Waals surface area contributed by atoms with Crippen LogP contribution >= 0.6 is 0 Å². The summed E-state index contributed by atoms with van der Waals surface area (Å²) >= 11 is 0. The highest BCUT2D eigenvalue weighted by atomic mass is 14.7. The number of benzene rings is 1. The largest absolute Gasteiger partial charge is 0.397 e. The van der Waals surface area contributed by atoms with Gasteiger partial charge in [-0.1, -0.05) is 24.3 Å². The number of nitrogens with two attached hydrogens (primary N) is 1. The quantitative estimate of drug-likeness (QED) is 0.575. The van der Waals surface area contributed by atoms with Crippen molar-refractivity contribution in [2.24, 2.45) is 0 Å².